The summed E-state index contributed by atoms with van der Waals surface area (Å²) < 4.78 is 0. The molecule has 4 nitrogen and oxygen atoms in total. The van der Waals surface area contributed by atoms with Crippen molar-refractivity contribution >= 4 is 0 Å². The molecular weight excluding hydrogens is 264 g/mol. The second-order valence-corrected chi connectivity index (χ2v) is 6.53. The number of hydrogen-bond acceptors (Lipinski definition) is 4. The predicted molar refractivity (Wildman–Crippen MR) is 83.6 cm³/mol. The van der Waals surface area contributed by atoms with Crippen LogP contribution >= 0.6 is 0 Å². The fraction of sp³-hybridized carbons (Fsp3) is 0.647. The van der Waals surface area contributed by atoms with Crippen LogP contribution in [0.2, 0.25) is 0 Å². The SMILES string of the molecule is O=NC1=CCC=C([C@@H](O)CN2CC3CCCCC3C2)C=C1. The van der Waals surface area contributed by atoms with Crippen molar-refractivity contribution in [1.82, 2.24) is 4.90 Å². The molecule has 0 aromatic carbocycles. The van der Waals surface area contributed by atoms with Crippen LogP contribution < -0.4 is 0 Å². The van der Waals surface area contributed by atoms with Gasteiger partial charge in [0.2, 0.25) is 0 Å². The fourth-order valence-corrected chi connectivity index (χ4v) is 3.95. The zero-order valence-electron chi connectivity index (χ0n) is 12.4. The normalized spacial score (nSPS) is 31.1. The summed E-state index contributed by atoms with van der Waals surface area (Å²) in [4.78, 5) is 13.0. The number of fused-ring (bicyclic) bond motifs is 1. The van der Waals surface area contributed by atoms with Crippen molar-refractivity contribution in [3.8, 4) is 0 Å². The molecule has 2 fully saturated rings. The summed E-state index contributed by atoms with van der Waals surface area (Å²) in [6.07, 6.45) is 12.9. The number of hydrogen-bond donors (Lipinski definition) is 1. The number of nitroso groups, excluding NO2 is 1. The van der Waals surface area contributed by atoms with Gasteiger partial charge in [0.05, 0.1) is 6.10 Å². The molecule has 1 saturated carbocycles. The number of likely N-dealkylation sites (tertiary alicyclic amines) is 1. The number of allylic oxidation sites excluding steroid dienone is 3. The maximum Gasteiger partial charge on any atom is 0.104 e. The summed E-state index contributed by atoms with van der Waals surface area (Å²) in [5, 5.41) is 13.4. The average molecular weight is 288 g/mol. The van der Waals surface area contributed by atoms with Crippen molar-refractivity contribution in [2.75, 3.05) is 19.6 Å². The molecule has 1 saturated heterocycles. The van der Waals surface area contributed by atoms with Crippen molar-refractivity contribution < 1.29 is 5.11 Å². The van der Waals surface area contributed by atoms with Gasteiger partial charge in [0.15, 0.2) is 0 Å². The molecule has 0 aromatic heterocycles. The lowest BCUT2D eigenvalue weighted by Crippen LogP contribution is -2.31. The number of rotatable bonds is 4. The van der Waals surface area contributed by atoms with Gasteiger partial charge in [0.1, 0.15) is 5.70 Å². The van der Waals surface area contributed by atoms with E-state index in [4.69, 9.17) is 0 Å². The molecule has 2 unspecified atom stereocenters. The minimum absolute atomic E-state index is 0.445. The first-order chi connectivity index (χ1) is 10.3. The van der Waals surface area contributed by atoms with Gasteiger partial charge in [-0.3, -0.25) is 4.90 Å². The van der Waals surface area contributed by atoms with Crippen LogP contribution in [0.5, 0.6) is 0 Å². The lowest BCUT2D eigenvalue weighted by atomic mass is 9.82. The van der Waals surface area contributed by atoms with E-state index in [1.807, 2.05) is 12.2 Å². The summed E-state index contributed by atoms with van der Waals surface area (Å²) >= 11 is 0. The van der Waals surface area contributed by atoms with Crippen molar-refractivity contribution in [1.29, 1.82) is 0 Å². The molecule has 3 rings (SSSR count). The standard InChI is InChI=1S/C17H24N2O2/c20-17(13-6-3-7-16(18-21)9-8-13)12-19-10-14-4-1-2-5-15(14)11-19/h6-9,14-15,17,20H,1-5,10-12H2/t14?,15?,17-/m0/s1. The largest absolute Gasteiger partial charge is 0.387 e. The zero-order chi connectivity index (χ0) is 14.7. The molecule has 0 spiro atoms. The summed E-state index contributed by atoms with van der Waals surface area (Å²) in [5.41, 5.74) is 1.35. The first-order valence-electron chi connectivity index (χ1n) is 8.08. The lowest BCUT2D eigenvalue weighted by molar-refractivity contribution is 0.153. The number of β-amino-alcohol motifs (C(OH)–C–C–N with tert-alkyl or cyclic N) is 1. The third kappa shape index (κ3) is 3.50. The first-order valence-corrected chi connectivity index (χ1v) is 8.08. The van der Waals surface area contributed by atoms with E-state index >= 15 is 0 Å². The van der Waals surface area contributed by atoms with Crippen LogP contribution in [0.15, 0.2) is 40.8 Å². The summed E-state index contributed by atoms with van der Waals surface area (Å²) in [7, 11) is 0. The van der Waals surface area contributed by atoms with E-state index in [9.17, 15) is 10.0 Å². The van der Waals surface area contributed by atoms with E-state index in [1.54, 1.807) is 12.2 Å². The topological polar surface area (TPSA) is 52.9 Å². The van der Waals surface area contributed by atoms with Crippen LogP contribution in [-0.2, 0) is 0 Å². The molecule has 0 bridgehead atoms. The predicted octanol–water partition coefficient (Wildman–Crippen LogP) is 3.01. The van der Waals surface area contributed by atoms with E-state index in [0.717, 1.165) is 30.5 Å². The Balaban J connectivity index is 1.56. The molecular formula is C17H24N2O2. The highest BCUT2D eigenvalue weighted by molar-refractivity contribution is 5.33. The monoisotopic (exact) mass is 288 g/mol. The van der Waals surface area contributed by atoms with Crippen LogP contribution in [0, 0.1) is 16.7 Å². The van der Waals surface area contributed by atoms with Crippen LogP contribution in [-0.4, -0.2) is 35.7 Å². The number of nitrogens with zero attached hydrogens (tertiary/aromatic N) is 2. The van der Waals surface area contributed by atoms with Gasteiger partial charge < -0.3 is 5.11 Å². The number of aliphatic hydroxyl groups is 1. The fourth-order valence-electron chi connectivity index (χ4n) is 3.95. The number of aliphatic hydroxyl groups excluding tert-OH is 1. The van der Waals surface area contributed by atoms with Crippen LogP contribution in [0.25, 0.3) is 0 Å². The quantitative estimate of drug-likeness (QED) is 0.809. The van der Waals surface area contributed by atoms with Gasteiger partial charge in [-0.15, -0.1) is 4.91 Å². The summed E-state index contributed by atoms with van der Waals surface area (Å²) in [5.74, 6) is 1.69. The highest BCUT2D eigenvalue weighted by Crippen LogP contribution is 2.36. The van der Waals surface area contributed by atoms with Crippen LogP contribution in [0.1, 0.15) is 32.1 Å². The minimum atomic E-state index is -0.471. The van der Waals surface area contributed by atoms with Gasteiger partial charge in [0.25, 0.3) is 0 Å². The van der Waals surface area contributed by atoms with Crippen molar-refractivity contribution in [2.45, 2.75) is 38.2 Å². The maximum absolute atomic E-state index is 10.5. The Hall–Kier alpha value is -1.26. The van der Waals surface area contributed by atoms with E-state index in [1.165, 1.54) is 25.7 Å². The minimum Gasteiger partial charge on any atom is -0.387 e. The van der Waals surface area contributed by atoms with Gasteiger partial charge in [-0.2, -0.15) is 0 Å². The molecule has 3 atom stereocenters. The van der Waals surface area contributed by atoms with Gasteiger partial charge in [-0.05, 0) is 47.9 Å². The third-order valence-electron chi connectivity index (χ3n) is 5.10. The van der Waals surface area contributed by atoms with Crippen molar-refractivity contribution in [3.63, 3.8) is 0 Å². The molecule has 4 heteroatoms. The van der Waals surface area contributed by atoms with Crippen LogP contribution in [0.3, 0.4) is 0 Å². The molecule has 114 valence electrons. The Morgan fingerprint density at radius 1 is 1.19 bits per heavy atom. The Morgan fingerprint density at radius 2 is 1.90 bits per heavy atom. The molecule has 0 aromatic rings. The molecule has 0 radical (unpaired) electrons. The molecule has 3 aliphatic rings. The second-order valence-electron chi connectivity index (χ2n) is 6.53. The lowest BCUT2D eigenvalue weighted by Gasteiger charge is -2.23. The van der Waals surface area contributed by atoms with E-state index in [2.05, 4.69) is 10.1 Å². The van der Waals surface area contributed by atoms with Gasteiger partial charge in [0, 0.05) is 19.6 Å². The molecule has 2 aliphatic carbocycles. The molecule has 1 N–H and O–H groups in total. The maximum atomic E-state index is 10.5. The molecule has 1 heterocycles. The van der Waals surface area contributed by atoms with Gasteiger partial charge in [-0.25, -0.2) is 0 Å². The smallest absolute Gasteiger partial charge is 0.104 e. The van der Waals surface area contributed by atoms with Gasteiger partial charge >= 0.3 is 0 Å². The zero-order valence-corrected chi connectivity index (χ0v) is 12.4. The van der Waals surface area contributed by atoms with E-state index < -0.39 is 6.10 Å². The second kappa shape index (κ2) is 6.67. The Kier molecular flexibility index (Phi) is 4.66. The Morgan fingerprint density at radius 3 is 2.57 bits per heavy atom. The molecule has 1 aliphatic heterocycles. The molecule has 0 amide bonds. The first kappa shape index (κ1) is 14.7. The van der Waals surface area contributed by atoms with E-state index in [0.29, 0.717) is 18.7 Å². The Labute approximate surface area is 126 Å². The summed E-state index contributed by atoms with van der Waals surface area (Å²) in [6, 6.07) is 0. The van der Waals surface area contributed by atoms with Gasteiger partial charge in [-0.1, -0.05) is 31.1 Å². The average Bonchev–Trinajstić information content (AvgIpc) is 2.74. The summed E-state index contributed by atoms with van der Waals surface area (Å²) in [6.45, 7) is 2.98. The highest BCUT2D eigenvalue weighted by atomic mass is 16.3. The third-order valence-corrected chi connectivity index (χ3v) is 5.10. The highest BCUT2D eigenvalue weighted by Gasteiger charge is 2.34. The van der Waals surface area contributed by atoms with Crippen molar-refractivity contribution in [2.24, 2.45) is 17.0 Å². The van der Waals surface area contributed by atoms with Crippen molar-refractivity contribution in [3.05, 3.63) is 40.5 Å². The Bertz CT molecular complexity index is 467. The molecule has 21 heavy (non-hydrogen) atoms. The van der Waals surface area contributed by atoms with E-state index in [-0.39, 0.29) is 0 Å². The van der Waals surface area contributed by atoms with Crippen LogP contribution in [0.4, 0.5) is 0 Å².